The van der Waals surface area contributed by atoms with Crippen LogP contribution < -0.4 is 10.2 Å². The maximum absolute atomic E-state index is 13.3. The molecular formula is C23H21FN6O3S. The Kier molecular flexibility index (Phi) is 4.19. The fraction of sp³-hybridized carbons (Fsp3) is 0.391. The quantitative estimate of drug-likeness (QED) is 0.465. The predicted octanol–water partition coefficient (Wildman–Crippen LogP) is 3.67. The Morgan fingerprint density at radius 3 is 2.88 bits per heavy atom. The lowest BCUT2D eigenvalue weighted by molar-refractivity contribution is -0.127. The van der Waals surface area contributed by atoms with E-state index in [1.54, 1.807) is 10.7 Å². The minimum absolute atomic E-state index is 0.237. The molecule has 1 amide bonds. The second-order valence-electron chi connectivity index (χ2n) is 9.47. The average Bonchev–Trinajstić information content (AvgIpc) is 3.15. The number of hydrogen-bond donors (Lipinski definition) is 1. The van der Waals surface area contributed by atoms with Crippen molar-refractivity contribution in [1.82, 2.24) is 19.8 Å². The van der Waals surface area contributed by atoms with E-state index < -0.39 is 6.17 Å². The van der Waals surface area contributed by atoms with Crippen molar-refractivity contribution in [3.63, 3.8) is 0 Å². The van der Waals surface area contributed by atoms with Gasteiger partial charge in [0.15, 0.2) is 0 Å². The highest BCUT2D eigenvalue weighted by Crippen LogP contribution is 2.44. The first-order valence-corrected chi connectivity index (χ1v) is 12.0. The zero-order valence-electron chi connectivity index (χ0n) is 18.3. The van der Waals surface area contributed by atoms with Crippen molar-refractivity contribution in [2.75, 3.05) is 36.5 Å². The monoisotopic (exact) mass is 480 g/mol. The van der Waals surface area contributed by atoms with E-state index in [0.29, 0.717) is 34.8 Å². The van der Waals surface area contributed by atoms with Crippen molar-refractivity contribution >= 4 is 34.1 Å². The molecule has 2 aliphatic heterocycles. The molecular weight excluding hydrogens is 459 g/mol. The molecule has 0 bridgehead atoms. The summed E-state index contributed by atoms with van der Waals surface area (Å²) in [6.07, 6.45) is 3.01. The molecule has 4 aromatic heterocycles. The number of nitrogens with one attached hydrogen (secondary N) is 1. The Balaban J connectivity index is 1.11. The smallest absolute Gasteiger partial charge is 0.259 e. The van der Waals surface area contributed by atoms with Crippen LogP contribution in [0.5, 0.6) is 0 Å². The summed E-state index contributed by atoms with van der Waals surface area (Å²) < 4.78 is 25.6. The zero-order chi connectivity index (χ0) is 23.0. The molecule has 9 nitrogen and oxygen atoms in total. The van der Waals surface area contributed by atoms with Gasteiger partial charge in [0.1, 0.15) is 6.17 Å². The number of halogens is 1. The molecule has 34 heavy (non-hydrogen) atoms. The van der Waals surface area contributed by atoms with E-state index in [2.05, 4.69) is 25.5 Å². The molecule has 11 heteroatoms. The van der Waals surface area contributed by atoms with Gasteiger partial charge in [-0.1, -0.05) is 5.16 Å². The predicted molar refractivity (Wildman–Crippen MR) is 123 cm³/mol. The molecule has 1 saturated carbocycles. The second kappa shape index (κ2) is 7.09. The van der Waals surface area contributed by atoms with E-state index in [9.17, 15) is 9.18 Å². The highest BCUT2D eigenvalue weighted by Gasteiger charge is 2.49. The molecule has 4 aromatic rings. The lowest BCUT2D eigenvalue weighted by Crippen LogP contribution is -2.66. The number of alkyl halides is 1. The number of nitrogens with zero attached hydrogens (tertiary/aromatic N) is 5. The molecule has 6 heterocycles. The number of hydrogen-bond acceptors (Lipinski definition) is 8. The van der Waals surface area contributed by atoms with Crippen LogP contribution in [0.3, 0.4) is 0 Å². The van der Waals surface area contributed by atoms with Crippen LogP contribution in [-0.2, 0) is 4.74 Å². The van der Waals surface area contributed by atoms with Gasteiger partial charge in [0.05, 0.1) is 52.4 Å². The number of rotatable bonds is 5. The average molecular weight is 481 g/mol. The number of carbonyl (C=O) groups excluding carboxylic acids is 1. The first kappa shape index (κ1) is 20.1. The number of fused-ring (bicyclic) bond motifs is 1. The van der Waals surface area contributed by atoms with Crippen molar-refractivity contribution < 1.29 is 18.4 Å². The third kappa shape index (κ3) is 3.14. The lowest BCUT2D eigenvalue weighted by Gasteiger charge is -2.56. The molecule has 7 rings (SSSR count). The van der Waals surface area contributed by atoms with Crippen molar-refractivity contribution in [2.24, 2.45) is 5.41 Å². The van der Waals surface area contributed by atoms with Gasteiger partial charge in [-0.3, -0.25) is 4.79 Å². The summed E-state index contributed by atoms with van der Waals surface area (Å²) in [5.41, 5.74) is 3.32. The summed E-state index contributed by atoms with van der Waals surface area (Å²) in [4.78, 5) is 21.5. The van der Waals surface area contributed by atoms with Crippen LogP contribution in [0, 0.1) is 12.3 Å². The molecule has 1 spiro atoms. The molecule has 0 aromatic carbocycles. The number of pyridine rings is 1. The highest BCUT2D eigenvalue weighted by atomic mass is 32.1. The Hall–Kier alpha value is -3.31. The van der Waals surface area contributed by atoms with Gasteiger partial charge in [-0.15, -0.1) is 11.3 Å². The summed E-state index contributed by atoms with van der Waals surface area (Å²) in [7, 11) is 0. The van der Waals surface area contributed by atoms with Crippen LogP contribution in [0.25, 0.3) is 16.2 Å². The molecule has 1 N–H and O–H groups in total. The summed E-state index contributed by atoms with van der Waals surface area (Å²) in [6, 6.07) is 5.86. The summed E-state index contributed by atoms with van der Waals surface area (Å²) >= 11 is 1.45. The maximum atomic E-state index is 13.3. The molecule has 3 aliphatic rings. The van der Waals surface area contributed by atoms with Gasteiger partial charge in [0.25, 0.3) is 5.91 Å². The Morgan fingerprint density at radius 2 is 2.15 bits per heavy atom. The minimum atomic E-state index is -0.894. The van der Waals surface area contributed by atoms with Crippen LogP contribution in [0.1, 0.15) is 33.5 Å². The number of ether oxygens (including phenoxy) is 1. The van der Waals surface area contributed by atoms with E-state index in [-0.39, 0.29) is 11.8 Å². The molecule has 1 aliphatic carbocycles. The Bertz CT molecular complexity index is 1430. The topological polar surface area (TPSA) is 97.8 Å². The number of thiophene rings is 1. The van der Waals surface area contributed by atoms with Crippen LogP contribution in [0.4, 0.5) is 15.8 Å². The lowest BCUT2D eigenvalue weighted by atomic mass is 9.78. The van der Waals surface area contributed by atoms with Gasteiger partial charge in [0, 0.05) is 29.9 Å². The molecule has 2 atom stereocenters. The molecule has 0 radical (unpaired) electrons. The molecule has 174 valence electrons. The Labute approximate surface area is 197 Å². The van der Waals surface area contributed by atoms with E-state index in [0.717, 1.165) is 47.3 Å². The fourth-order valence-corrected chi connectivity index (χ4v) is 5.57. The third-order valence-corrected chi connectivity index (χ3v) is 7.89. The number of amides is 1. The number of aryl methyl sites for hydroxylation is 1. The van der Waals surface area contributed by atoms with Gasteiger partial charge >= 0.3 is 0 Å². The van der Waals surface area contributed by atoms with E-state index in [1.165, 1.54) is 11.3 Å². The molecule has 0 unspecified atom stereocenters. The summed E-state index contributed by atoms with van der Waals surface area (Å²) in [5, 5.41) is 11.3. The van der Waals surface area contributed by atoms with Crippen LogP contribution in [-0.4, -0.2) is 58.1 Å². The first-order valence-electron chi connectivity index (χ1n) is 11.2. The van der Waals surface area contributed by atoms with Gasteiger partial charge in [0.2, 0.25) is 11.7 Å². The standard InChI is InChI=1S/C23H21FN6O3S/c1-12-17(6-19(34-12)20-27-22(33-28-20)14-5-16(14)24)26-21(31)15-7-25-30-3-2-13(4-18(15)30)29-8-23(9-29)10-32-11-23/h2-4,6-7,14,16H,5,8-11H2,1H3,(H,26,31)/t14-,16-/m0/s1. The van der Waals surface area contributed by atoms with E-state index >= 15 is 0 Å². The van der Waals surface area contributed by atoms with Gasteiger partial charge in [-0.25, -0.2) is 8.91 Å². The molecule has 2 saturated heterocycles. The van der Waals surface area contributed by atoms with Crippen molar-refractivity contribution in [2.45, 2.75) is 25.4 Å². The van der Waals surface area contributed by atoms with Crippen LogP contribution in [0.15, 0.2) is 35.1 Å². The normalized spacial score (nSPS) is 22.6. The summed E-state index contributed by atoms with van der Waals surface area (Å²) in [5.74, 6) is 0.219. The van der Waals surface area contributed by atoms with Crippen LogP contribution >= 0.6 is 11.3 Å². The van der Waals surface area contributed by atoms with Crippen molar-refractivity contribution in [3.8, 4) is 10.7 Å². The number of aromatic nitrogens is 4. The second-order valence-corrected chi connectivity index (χ2v) is 10.7. The maximum Gasteiger partial charge on any atom is 0.259 e. The van der Waals surface area contributed by atoms with Gasteiger partial charge in [-0.2, -0.15) is 10.1 Å². The van der Waals surface area contributed by atoms with Gasteiger partial charge < -0.3 is 19.5 Å². The number of anilines is 2. The highest BCUT2D eigenvalue weighted by molar-refractivity contribution is 7.16. The summed E-state index contributed by atoms with van der Waals surface area (Å²) in [6.45, 7) is 5.52. The SMILES string of the molecule is Cc1sc(-c2noc([C@H]3C[C@@H]3F)n2)cc1NC(=O)c1cnn2ccc(N3CC4(COC4)C3)cc12. The fourth-order valence-electron chi connectivity index (χ4n) is 4.67. The van der Waals surface area contributed by atoms with Crippen LogP contribution in [0.2, 0.25) is 0 Å². The zero-order valence-corrected chi connectivity index (χ0v) is 19.1. The van der Waals surface area contributed by atoms with E-state index in [4.69, 9.17) is 9.26 Å². The van der Waals surface area contributed by atoms with Crippen molar-refractivity contribution in [1.29, 1.82) is 0 Å². The largest absolute Gasteiger partial charge is 0.380 e. The third-order valence-electron chi connectivity index (χ3n) is 6.84. The number of carbonyl (C=O) groups is 1. The first-order chi connectivity index (χ1) is 16.5. The van der Waals surface area contributed by atoms with E-state index in [1.807, 2.05) is 31.3 Å². The minimum Gasteiger partial charge on any atom is -0.380 e. The van der Waals surface area contributed by atoms with Crippen molar-refractivity contribution in [3.05, 3.63) is 46.9 Å². The Morgan fingerprint density at radius 1 is 1.32 bits per heavy atom. The molecule has 3 fully saturated rings. The van der Waals surface area contributed by atoms with Gasteiger partial charge in [-0.05, 0) is 31.5 Å².